The highest BCUT2D eigenvalue weighted by atomic mass is 16.7. The quantitative estimate of drug-likeness (QED) is 0.0717. The average Bonchev–Trinajstić information content (AvgIpc) is 3.03. The molecule has 15 nitrogen and oxygen atoms in total. The van der Waals surface area contributed by atoms with Gasteiger partial charge in [0.05, 0.1) is 19.2 Å². The van der Waals surface area contributed by atoms with Crippen molar-refractivity contribution in [2.24, 2.45) is 22.2 Å². The van der Waals surface area contributed by atoms with Gasteiger partial charge in [-0.25, -0.2) is 0 Å². The molecule has 3 rings (SSSR count). The molecule has 3 aliphatic rings. The third-order valence-corrected chi connectivity index (χ3v) is 9.12. The summed E-state index contributed by atoms with van der Waals surface area (Å²) in [6.07, 6.45) is -4.98. The molecule has 0 spiro atoms. The Balaban J connectivity index is 1.59. The number of nitrogens with two attached hydrogens (primary N) is 3. The molecule has 3 fully saturated rings. The van der Waals surface area contributed by atoms with Crippen LogP contribution in [0.1, 0.15) is 59.8 Å². The van der Waals surface area contributed by atoms with Gasteiger partial charge in [0, 0.05) is 18.3 Å². The summed E-state index contributed by atoms with van der Waals surface area (Å²) in [4.78, 5) is 4.32. The van der Waals surface area contributed by atoms with Crippen LogP contribution in [0.4, 0.5) is 0 Å². The number of aliphatic hydroxyl groups is 7. The van der Waals surface area contributed by atoms with Gasteiger partial charge in [0.25, 0.3) is 0 Å². The molecule has 15 unspecified atom stereocenters. The van der Waals surface area contributed by atoms with Gasteiger partial charge in [0.15, 0.2) is 12.6 Å². The summed E-state index contributed by atoms with van der Waals surface area (Å²) in [5, 5.41) is 73.3. The lowest BCUT2D eigenvalue weighted by Gasteiger charge is -2.48. The largest absolute Gasteiger partial charge is 0.394 e. The minimum absolute atomic E-state index is 0.0527. The van der Waals surface area contributed by atoms with Gasteiger partial charge < -0.3 is 71.9 Å². The first kappa shape index (κ1) is 40.8. The number of ether oxygens (including phenoxy) is 4. The molecule has 2 heterocycles. The van der Waals surface area contributed by atoms with E-state index in [-0.39, 0.29) is 13.0 Å². The fourth-order valence-corrected chi connectivity index (χ4v) is 6.02. The summed E-state index contributed by atoms with van der Waals surface area (Å²) in [5.41, 5.74) is 22.1. The predicted molar refractivity (Wildman–Crippen MR) is 178 cm³/mol. The first-order chi connectivity index (χ1) is 22.7. The summed E-state index contributed by atoms with van der Waals surface area (Å²) in [6, 6.07) is -2.92. The van der Waals surface area contributed by atoms with Gasteiger partial charge >= 0.3 is 0 Å². The van der Waals surface area contributed by atoms with Crippen molar-refractivity contribution < 1.29 is 54.7 Å². The van der Waals surface area contributed by atoms with Crippen molar-refractivity contribution in [3.63, 3.8) is 0 Å². The first-order valence-electron chi connectivity index (χ1n) is 16.7. The Labute approximate surface area is 282 Å². The van der Waals surface area contributed by atoms with E-state index in [0.29, 0.717) is 0 Å². The second kappa shape index (κ2) is 19.1. The molecule has 0 radical (unpaired) electrons. The topological polar surface area (TPSA) is 269 Å². The van der Waals surface area contributed by atoms with Crippen molar-refractivity contribution in [3.8, 4) is 0 Å². The fraction of sp³-hybridized carbons (Fsp3) is 0.788. The van der Waals surface area contributed by atoms with Crippen molar-refractivity contribution in [2.75, 3.05) is 13.2 Å². The van der Waals surface area contributed by atoms with Gasteiger partial charge in [0.1, 0.15) is 61.0 Å². The van der Waals surface area contributed by atoms with Gasteiger partial charge in [-0.05, 0) is 65.9 Å². The molecule has 2 saturated heterocycles. The second-order valence-electron chi connectivity index (χ2n) is 13.5. The van der Waals surface area contributed by atoms with Gasteiger partial charge in [-0.1, -0.05) is 28.9 Å². The lowest BCUT2D eigenvalue weighted by molar-refractivity contribution is -0.332. The molecule has 276 valence electrons. The van der Waals surface area contributed by atoms with E-state index < -0.39 is 98.4 Å². The third kappa shape index (κ3) is 10.9. The van der Waals surface area contributed by atoms with Crippen LogP contribution >= 0.6 is 0 Å². The number of hydrogen-bond acceptors (Lipinski definition) is 15. The number of allylic oxidation sites excluding steroid dienone is 6. The van der Waals surface area contributed by atoms with Gasteiger partial charge in [-0.2, -0.15) is 0 Å². The molecule has 0 aromatic rings. The average molecular weight is 687 g/mol. The fourth-order valence-electron chi connectivity index (χ4n) is 6.02. The van der Waals surface area contributed by atoms with Crippen molar-refractivity contribution in [1.29, 1.82) is 0 Å². The molecule has 0 bridgehead atoms. The molecule has 13 N–H and O–H groups in total. The number of nitrogens with zero attached hydrogens (tertiary/aromatic N) is 1. The van der Waals surface area contributed by atoms with Crippen LogP contribution in [0.2, 0.25) is 0 Å². The summed E-state index contributed by atoms with van der Waals surface area (Å²) in [5.74, 6) is 0. The van der Waals surface area contributed by atoms with Crippen LogP contribution in [0.25, 0.3) is 0 Å². The Morgan fingerprint density at radius 3 is 1.88 bits per heavy atom. The van der Waals surface area contributed by atoms with Crippen LogP contribution in [0.3, 0.4) is 0 Å². The van der Waals surface area contributed by atoms with Crippen LogP contribution in [-0.4, -0.2) is 147 Å². The zero-order chi connectivity index (χ0) is 35.7. The summed E-state index contributed by atoms with van der Waals surface area (Å²) < 4.78 is 23.0. The van der Waals surface area contributed by atoms with Gasteiger partial charge in [-0.3, -0.25) is 4.99 Å². The number of aliphatic hydroxyl groups excluding tert-OH is 7. The lowest BCUT2D eigenvalue weighted by Crippen LogP contribution is -2.68. The SMILES string of the molecule is CC(C)=CCC/C(C)=C/CC/C(C)=C/C=NCC1OC(OC2C(N)CC(N)C(OC3OC(CO)C(O)C(N)C3O)C2O)C(O)C(O)C1O. The zero-order valence-corrected chi connectivity index (χ0v) is 28.4. The second-order valence-corrected chi connectivity index (χ2v) is 13.5. The molecular formula is C33H58N4O11. The number of aliphatic imine (C=N–C) groups is 1. The minimum atomic E-state index is -1.69. The highest BCUT2D eigenvalue weighted by Crippen LogP contribution is 2.31. The maximum atomic E-state index is 11.2. The molecule has 2 aliphatic heterocycles. The molecule has 48 heavy (non-hydrogen) atoms. The Morgan fingerprint density at radius 1 is 0.708 bits per heavy atom. The molecule has 0 amide bonds. The Bertz CT molecular complexity index is 1120. The monoisotopic (exact) mass is 686 g/mol. The molecule has 1 aliphatic carbocycles. The van der Waals surface area contributed by atoms with E-state index >= 15 is 0 Å². The molecule has 0 aromatic carbocycles. The van der Waals surface area contributed by atoms with Crippen molar-refractivity contribution in [2.45, 2.75) is 152 Å². The highest BCUT2D eigenvalue weighted by molar-refractivity contribution is 5.72. The van der Waals surface area contributed by atoms with Crippen molar-refractivity contribution in [1.82, 2.24) is 0 Å². The maximum Gasteiger partial charge on any atom is 0.187 e. The van der Waals surface area contributed by atoms with Gasteiger partial charge in [-0.15, -0.1) is 0 Å². The van der Waals surface area contributed by atoms with Crippen molar-refractivity contribution in [3.05, 3.63) is 34.9 Å². The molecule has 1 saturated carbocycles. The smallest absolute Gasteiger partial charge is 0.187 e. The summed E-state index contributed by atoms with van der Waals surface area (Å²) >= 11 is 0. The van der Waals surface area contributed by atoms with E-state index in [1.165, 1.54) is 11.1 Å². The summed E-state index contributed by atoms with van der Waals surface area (Å²) in [6.45, 7) is 7.67. The van der Waals surface area contributed by atoms with E-state index in [1.54, 1.807) is 6.21 Å². The van der Waals surface area contributed by atoms with Crippen LogP contribution < -0.4 is 17.2 Å². The normalized spacial score (nSPS) is 41.5. The van der Waals surface area contributed by atoms with E-state index in [0.717, 1.165) is 31.3 Å². The van der Waals surface area contributed by atoms with E-state index in [4.69, 9.17) is 36.1 Å². The number of hydrogen-bond donors (Lipinski definition) is 10. The first-order valence-corrected chi connectivity index (χ1v) is 16.7. The standard InChI is InChI=1S/C33H58N4O11/c1-16(2)7-5-8-17(3)9-6-10-18(4)11-12-37-14-21-25(40)27(42)28(43)33(45-21)48-31-20(35)13-19(34)30(29(31)44)47-32-26(41)23(36)24(39)22(15-38)46-32/h7,9,11-12,19-33,38-44H,5-6,8,10,13-15,34-36H2,1-4H3/b17-9+,18-11+,37-12?. The van der Waals surface area contributed by atoms with Crippen LogP contribution in [0, 0.1) is 0 Å². The minimum Gasteiger partial charge on any atom is -0.394 e. The maximum absolute atomic E-state index is 11.2. The predicted octanol–water partition coefficient (Wildman–Crippen LogP) is -1.76. The molecule has 0 aromatic heterocycles. The van der Waals surface area contributed by atoms with E-state index in [2.05, 4.69) is 37.9 Å². The van der Waals surface area contributed by atoms with Crippen molar-refractivity contribution >= 4 is 6.21 Å². The Morgan fingerprint density at radius 2 is 1.27 bits per heavy atom. The highest BCUT2D eigenvalue weighted by Gasteiger charge is 2.51. The third-order valence-electron chi connectivity index (χ3n) is 9.12. The zero-order valence-electron chi connectivity index (χ0n) is 28.4. The molecule has 15 atom stereocenters. The molecular weight excluding hydrogens is 628 g/mol. The van der Waals surface area contributed by atoms with Crippen LogP contribution in [0.15, 0.2) is 39.9 Å². The van der Waals surface area contributed by atoms with Gasteiger partial charge in [0.2, 0.25) is 0 Å². The number of rotatable bonds is 14. The Kier molecular flexibility index (Phi) is 16.2. The van der Waals surface area contributed by atoms with E-state index in [1.807, 2.05) is 13.0 Å². The Hall–Kier alpha value is -1.67. The van der Waals surface area contributed by atoms with E-state index in [9.17, 15) is 35.7 Å². The molecule has 15 heteroatoms. The lowest BCUT2D eigenvalue weighted by atomic mass is 9.84. The van der Waals surface area contributed by atoms with Crippen LogP contribution in [-0.2, 0) is 18.9 Å². The van der Waals surface area contributed by atoms with Crippen LogP contribution in [0.5, 0.6) is 0 Å². The summed E-state index contributed by atoms with van der Waals surface area (Å²) in [7, 11) is 0.